The van der Waals surface area contributed by atoms with Crippen LogP contribution in [0.5, 0.6) is 0 Å². The Kier molecular flexibility index (Phi) is 20.2. The molecular weight excluding hydrogens is 342 g/mol. The van der Waals surface area contributed by atoms with Gasteiger partial charge in [0.2, 0.25) is 0 Å². The molecule has 1 aromatic carbocycles. The zero-order valence-electron chi connectivity index (χ0n) is 21.4. The van der Waals surface area contributed by atoms with E-state index in [1.54, 1.807) is 0 Å². The monoisotopic (exact) mass is 393 g/mol. The summed E-state index contributed by atoms with van der Waals surface area (Å²) in [7, 11) is 2.04. The zero-order valence-corrected chi connectivity index (χ0v) is 21.4. The summed E-state index contributed by atoms with van der Waals surface area (Å²) in [6, 6.07) is 6.66. The van der Waals surface area contributed by atoms with Crippen LogP contribution in [0.25, 0.3) is 0 Å². The van der Waals surface area contributed by atoms with E-state index in [1.165, 1.54) is 49.8 Å². The number of nitrogens with one attached hydrogen (secondary N) is 1. The highest BCUT2D eigenvalue weighted by atomic mass is 16.1. The number of carbonyl (C=O) groups excluding carboxylic acids is 1. The van der Waals surface area contributed by atoms with Crippen LogP contribution in [0, 0.1) is 6.92 Å². The van der Waals surface area contributed by atoms with Crippen molar-refractivity contribution >= 4 is 5.78 Å². The SMILES string of the molecule is CC.CC(C)=O.CCCC(C)(CC)NC.Cc1c(C(C)C)cccc1C(C)C. The second-order valence-electron chi connectivity index (χ2n) is 8.19. The van der Waals surface area contributed by atoms with Crippen molar-refractivity contribution in [2.75, 3.05) is 7.05 Å². The van der Waals surface area contributed by atoms with E-state index in [4.69, 9.17) is 0 Å². The zero-order chi connectivity index (χ0) is 22.9. The van der Waals surface area contributed by atoms with Crippen LogP contribution in [-0.2, 0) is 4.79 Å². The van der Waals surface area contributed by atoms with Gasteiger partial charge in [0, 0.05) is 5.54 Å². The minimum absolute atomic E-state index is 0.167. The first-order valence-electron chi connectivity index (χ1n) is 11.2. The molecule has 0 aliphatic rings. The second kappa shape index (κ2) is 17.9. The molecule has 0 bridgehead atoms. The molecule has 0 aliphatic heterocycles. The van der Waals surface area contributed by atoms with Crippen LogP contribution in [0.15, 0.2) is 18.2 Å². The van der Waals surface area contributed by atoms with Gasteiger partial charge in [0.15, 0.2) is 0 Å². The fraction of sp³-hybridized carbons (Fsp3) is 0.731. The number of rotatable bonds is 6. The molecule has 1 unspecified atom stereocenters. The van der Waals surface area contributed by atoms with E-state index in [0.717, 1.165) is 0 Å². The number of hydrogen-bond donors (Lipinski definition) is 1. The fourth-order valence-electron chi connectivity index (χ4n) is 2.95. The van der Waals surface area contributed by atoms with Gasteiger partial charge in [-0.15, -0.1) is 0 Å². The van der Waals surface area contributed by atoms with Crippen molar-refractivity contribution in [2.45, 2.75) is 120 Å². The first kappa shape index (κ1) is 31.5. The van der Waals surface area contributed by atoms with Gasteiger partial charge in [0.1, 0.15) is 5.78 Å². The molecule has 28 heavy (non-hydrogen) atoms. The lowest BCUT2D eigenvalue weighted by Crippen LogP contribution is -2.38. The quantitative estimate of drug-likeness (QED) is 0.530. The molecule has 0 saturated carbocycles. The summed E-state index contributed by atoms with van der Waals surface area (Å²) in [5.41, 5.74) is 4.85. The summed E-state index contributed by atoms with van der Waals surface area (Å²) in [4.78, 5) is 9.44. The minimum Gasteiger partial charge on any atom is -0.315 e. The van der Waals surface area contributed by atoms with Gasteiger partial charge < -0.3 is 10.1 Å². The predicted octanol–water partition coefficient (Wildman–Crippen LogP) is 8.04. The van der Waals surface area contributed by atoms with E-state index < -0.39 is 0 Å². The minimum atomic E-state index is 0.167. The van der Waals surface area contributed by atoms with E-state index in [9.17, 15) is 4.79 Å². The Morgan fingerprint density at radius 2 is 1.36 bits per heavy atom. The highest BCUT2D eigenvalue weighted by Crippen LogP contribution is 2.26. The molecule has 0 saturated heterocycles. The van der Waals surface area contributed by atoms with Crippen LogP contribution in [-0.4, -0.2) is 18.4 Å². The molecule has 0 aromatic heterocycles. The molecule has 0 fully saturated rings. The standard InChI is InChI=1S/C13H20.C8H19N.C3H6O.C2H6/c1-9(2)12-7-6-8-13(10(3)4)11(12)5;1-5-7-8(3,6-2)9-4;1-3(2)4;1-2/h6-10H,1-5H3;9H,5-7H2,1-4H3;1-2H3;1-2H3. The molecular formula is C26H51NO. The van der Waals surface area contributed by atoms with Gasteiger partial charge in [0.05, 0.1) is 0 Å². The van der Waals surface area contributed by atoms with Gasteiger partial charge in [-0.2, -0.15) is 0 Å². The summed E-state index contributed by atoms with van der Waals surface area (Å²) in [5, 5.41) is 3.33. The van der Waals surface area contributed by atoms with Crippen molar-refractivity contribution in [3.8, 4) is 0 Å². The number of ketones is 1. The van der Waals surface area contributed by atoms with E-state index in [2.05, 4.69) is 78.9 Å². The van der Waals surface area contributed by atoms with E-state index in [-0.39, 0.29) is 5.78 Å². The molecule has 0 radical (unpaired) electrons. The summed E-state index contributed by atoms with van der Waals surface area (Å²) in [5.74, 6) is 1.44. The molecule has 166 valence electrons. The molecule has 0 aliphatic carbocycles. The van der Waals surface area contributed by atoms with Crippen molar-refractivity contribution < 1.29 is 4.79 Å². The van der Waals surface area contributed by atoms with Gasteiger partial charge in [-0.25, -0.2) is 0 Å². The van der Waals surface area contributed by atoms with Gasteiger partial charge in [0.25, 0.3) is 0 Å². The van der Waals surface area contributed by atoms with Crippen LogP contribution in [0.3, 0.4) is 0 Å². The fourth-order valence-corrected chi connectivity index (χ4v) is 2.95. The molecule has 1 aromatic rings. The van der Waals surface area contributed by atoms with Gasteiger partial charge >= 0.3 is 0 Å². The maximum atomic E-state index is 9.44. The molecule has 1 N–H and O–H groups in total. The Labute approximate surface area is 177 Å². The van der Waals surface area contributed by atoms with Crippen molar-refractivity contribution in [1.29, 1.82) is 0 Å². The van der Waals surface area contributed by atoms with Gasteiger partial charge in [-0.05, 0) is 76.1 Å². The number of Topliss-reactive ketones (excluding diaryl/α,β-unsaturated/α-hetero) is 1. The van der Waals surface area contributed by atoms with Crippen molar-refractivity contribution in [2.24, 2.45) is 0 Å². The largest absolute Gasteiger partial charge is 0.315 e. The first-order valence-corrected chi connectivity index (χ1v) is 11.2. The number of benzene rings is 1. The smallest absolute Gasteiger partial charge is 0.126 e. The maximum absolute atomic E-state index is 9.44. The first-order chi connectivity index (χ1) is 13.0. The molecule has 0 amide bonds. The highest BCUT2D eigenvalue weighted by Gasteiger charge is 2.16. The molecule has 2 heteroatoms. The van der Waals surface area contributed by atoms with Crippen LogP contribution in [0.2, 0.25) is 0 Å². The van der Waals surface area contributed by atoms with E-state index >= 15 is 0 Å². The Hall–Kier alpha value is -1.15. The Balaban J connectivity index is -0.000000363. The summed E-state index contributed by atoms with van der Waals surface area (Å²) in [6.07, 6.45) is 3.77. The van der Waals surface area contributed by atoms with Crippen molar-refractivity contribution in [3.63, 3.8) is 0 Å². The van der Waals surface area contributed by atoms with E-state index in [1.807, 2.05) is 20.9 Å². The van der Waals surface area contributed by atoms with Crippen LogP contribution >= 0.6 is 0 Å². The number of carbonyl (C=O) groups is 1. The molecule has 1 atom stereocenters. The van der Waals surface area contributed by atoms with E-state index in [0.29, 0.717) is 17.4 Å². The molecule has 0 spiro atoms. The third-order valence-corrected chi connectivity index (χ3v) is 4.85. The number of hydrogen-bond acceptors (Lipinski definition) is 2. The predicted molar refractivity (Wildman–Crippen MR) is 130 cm³/mol. The molecule has 0 heterocycles. The van der Waals surface area contributed by atoms with Gasteiger partial charge in [-0.1, -0.05) is 80.0 Å². The average Bonchev–Trinajstić information content (AvgIpc) is 2.63. The summed E-state index contributed by atoms with van der Waals surface area (Å²) in [6.45, 7) is 25.1. The van der Waals surface area contributed by atoms with Crippen molar-refractivity contribution in [3.05, 3.63) is 34.9 Å². The summed E-state index contributed by atoms with van der Waals surface area (Å²) >= 11 is 0. The maximum Gasteiger partial charge on any atom is 0.126 e. The lowest BCUT2D eigenvalue weighted by atomic mass is 9.90. The third-order valence-electron chi connectivity index (χ3n) is 4.85. The average molecular weight is 394 g/mol. The Morgan fingerprint density at radius 1 is 1.00 bits per heavy atom. The van der Waals surface area contributed by atoms with Crippen LogP contribution in [0.1, 0.15) is 124 Å². The Morgan fingerprint density at radius 3 is 1.54 bits per heavy atom. The lowest BCUT2D eigenvalue weighted by molar-refractivity contribution is -0.114. The molecule has 2 nitrogen and oxygen atoms in total. The topological polar surface area (TPSA) is 29.1 Å². The molecule has 1 rings (SSSR count). The summed E-state index contributed by atoms with van der Waals surface area (Å²) < 4.78 is 0. The van der Waals surface area contributed by atoms with Gasteiger partial charge in [-0.3, -0.25) is 0 Å². The Bertz CT molecular complexity index is 469. The van der Waals surface area contributed by atoms with Crippen LogP contribution in [0.4, 0.5) is 0 Å². The normalized spacial score (nSPS) is 12.0. The highest BCUT2D eigenvalue weighted by molar-refractivity contribution is 5.72. The lowest BCUT2D eigenvalue weighted by Gasteiger charge is -2.26. The van der Waals surface area contributed by atoms with Crippen molar-refractivity contribution in [1.82, 2.24) is 5.32 Å². The third kappa shape index (κ3) is 14.9. The second-order valence-corrected chi connectivity index (χ2v) is 8.19. The van der Waals surface area contributed by atoms with Crippen LogP contribution < -0.4 is 5.32 Å².